The molecule has 1 aliphatic heterocycles. The van der Waals surface area contributed by atoms with Crippen LogP contribution in [0.1, 0.15) is 13.8 Å². The molecule has 4 aromatic rings. The molecule has 0 saturated carbocycles. The van der Waals surface area contributed by atoms with Gasteiger partial charge in [0.05, 0.1) is 22.3 Å². The summed E-state index contributed by atoms with van der Waals surface area (Å²) >= 11 is 6.62. The Morgan fingerprint density at radius 3 is 2.35 bits per heavy atom. The molecule has 0 N–H and O–H groups in total. The van der Waals surface area contributed by atoms with E-state index in [1.807, 2.05) is 17.7 Å². The van der Waals surface area contributed by atoms with E-state index in [0.29, 0.717) is 11.1 Å². The molecule has 0 spiro atoms. The Kier molecular flexibility index (Phi) is 5.20. The summed E-state index contributed by atoms with van der Waals surface area (Å²) in [6.45, 7) is 8.89. The second-order valence-corrected chi connectivity index (χ2v) is 8.80. The molecule has 0 bridgehead atoms. The van der Waals surface area contributed by atoms with E-state index in [4.69, 9.17) is 21.1 Å². The molecule has 0 amide bonds. The van der Waals surface area contributed by atoms with Crippen molar-refractivity contribution in [2.45, 2.75) is 19.9 Å². The molecule has 3 heterocycles. The lowest BCUT2D eigenvalue weighted by molar-refractivity contribution is 0.209. The Morgan fingerprint density at radius 2 is 1.71 bits per heavy atom. The summed E-state index contributed by atoms with van der Waals surface area (Å²) in [4.78, 5) is 9.70. The van der Waals surface area contributed by atoms with Gasteiger partial charge >= 0.3 is 0 Å². The average Bonchev–Trinajstić information content (AvgIpc) is 3.43. The standard InChI is InChI=1S/C24H26ClN5O/c1-16(2)29-8-10-30(11-9-29)20-6-4-17(5-7-20)18-12-21(25)23-22(13-18)28(3)24(27-23)19-14-26-31-15-19/h4-7,12-16H,8-11H2,1-3H3. The minimum absolute atomic E-state index is 0.612. The quantitative estimate of drug-likeness (QED) is 0.447. The number of rotatable bonds is 4. The van der Waals surface area contributed by atoms with Gasteiger partial charge in [-0.05, 0) is 49.2 Å². The lowest BCUT2D eigenvalue weighted by Gasteiger charge is -2.38. The van der Waals surface area contributed by atoms with Crippen LogP contribution in [0.25, 0.3) is 33.5 Å². The van der Waals surface area contributed by atoms with Gasteiger partial charge < -0.3 is 14.0 Å². The van der Waals surface area contributed by atoms with Crippen LogP contribution in [0.4, 0.5) is 5.69 Å². The first-order valence-corrected chi connectivity index (χ1v) is 11.0. The Hall–Kier alpha value is -2.83. The maximum Gasteiger partial charge on any atom is 0.145 e. The first kappa shape index (κ1) is 20.1. The van der Waals surface area contributed by atoms with Crippen LogP contribution in [0.15, 0.2) is 53.4 Å². The van der Waals surface area contributed by atoms with Crippen LogP contribution in [-0.2, 0) is 7.05 Å². The first-order chi connectivity index (χ1) is 15.0. The molecule has 0 unspecified atom stereocenters. The number of aromatic nitrogens is 3. The zero-order valence-electron chi connectivity index (χ0n) is 18.0. The summed E-state index contributed by atoms with van der Waals surface area (Å²) in [5, 5.41) is 4.43. The zero-order valence-corrected chi connectivity index (χ0v) is 18.8. The number of hydrogen-bond donors (Lipinski definition) is 0. The highest BCUT2D eigenvalue weighted by Gasteiger charge is 2.19. The molecular formula is C24H26ClN5O. The van der Waals surface area contributed by atoms with Gasteiger partial charge in [0.25, 0.3) is 0 Å². The van der Waals surface area contributed by atoms with Crippen molar-refractivity contribution in [1.82, 2.24) is 19.6 Å². The molecule has 0 atom stereocenters. The summed E-state index contributed by atoms with van der Waals surface area (Å²) in [6, 6.07) is 13.5. The second-order valence-electron chi connectivity index (χ2n) is 8.40. The fourth-order valence-corrected chi connectivity index (χ4v) is 4.60. The third kappa shape index (κ3) is 3.70. The van der Waals surface area contributed by atoms with Crippen LogP contribution in [0.5, 0.6) is 0 Å². The van der Waals surface area contributed by atoms with Gasteiger partial charge in [0.1, 0.15) is 17.6 Å². The fourth-order valence-electron chi connectivity index (χ4n) is 4.35. The number of nitrogens with zero attached hydrogens (tertiary/aromatic N) is 5. The molecule has 0 aliphatic carbocycles. The SMILES string of the molecule is CC(C)N1CCN(c2ccc(-c3cc(Cl)c4nc(-c5cnoc5)n(C)c4c3)cc2)CC1. The van der Waals surface area contributed by atoms with Crippen molar-refractivity contribution in [3.63, 3.8) is 0 Å². The molecular weight excluding hydrogens is 410 g/mol. The second kappa shape index (κ2) is 8.02. The van der Waals surface area contributed by atoms with Crippen LogP contribution >= 0.6 is 11.6 Å². The van der Waals surface area contributed by atoms with Crippen LogP contribution in [0.3, 0.4) is 0 Å². The molecule has 1 fully saturated rings. The summed E-state index contributed by atoms with van der Waals surface area (Å²) in [6.07, 6.45) is 3.26. The van der Waals surface area contributed by atoms with Gasteiger partial charge in [0, 0.05) is 45.0 Å². The van der Waals surface area contributed by atoms with Crippen molar-refractivity contribution in [1.29, 1.82) is 0 Å². The molecule has 1 saturated heterocycles. The highest BCUT2D eigenvalue weighted by atomic mass is 35.5. The minimum atomic E-state index is 0.612. The number of benzene rings is 2. The van der Waals surface area contributed by atoms with Gasteiger partial charge in [-0.15, -0.1) is 0 Å². The molecule has 0 radical (unpaired) electrons. The predicted octanol–water partition coefficient (Wildman–Crippen LogP) is 5.08. The van der Waals surface area contributed by atoms with E-state index in [-0.39, 0.29) is 0 Å². The van der Waals surface area contributed by atoms with E-state index >= 15 is 0 Å². The highest BCUT2D eigenvalue weighted by molar-refractivity contribution is 6.35. The lowest BCUT2D eigenvalue weighted by Crippen LogP contribution is -2.48. The molecule has 2 aromatic heterocycles. The van der Waals surface area contributed by atoms with Crippen molar-refractivity contribution >= 4 is 28.3 Å². The van der Waals surface area contributed by atoms with E-state index in [9.17, 15) is 0 Å². The molecule has 6 nitrogen and oxygen atoms in total. The van der Waals surface area contributed by atoms with Crippen molar-refractivity contribution in [3.05, 3.63) is 53.9 Å². The normalized spacial score (nSPS) is 15.3. The van der Waals surface area contributed by atoms with Crippen molar-refractivity contribution in [3.8, 4) is 22.5 Å². The number of aryl methyl sites for hydroxylation is 1. The maximum atomic E-state index is 6.62. The first-order valence-electron chi connectivity index (χ1n) is 10.7. The highest BCUT2D eigenvalue weighted by Crippen LogP contribution is 2.34. The van der Waals surface area contributed by atoms with Gasteiger partial charge in [0.15, 0.2) is 0 Å². The topological polar surface area (TPSA) is 50.3 Å². The van der Waals surface area contributed by atoms with E-state index in [1.54, 1.807) is 12.5 Å². The number of piperazine rings is 1. The predicted molar refractivity (Wildman–Crippen MR) is 126 cm³/mol. The Morgan fingerprint density at radius 1 is 0.968 bits per heavy atom. The Labute approximate surface area is 187 Å². The lowest BCUT2D eigenvalue weighted by atomic mass is 10.0. The number of halogens is 1. The maximum absolute atomic E-state index is 6.62. The number of anilines is 1. The summed E-state index contributed by atoms with van der Waals surface area (Å²) < 4.78 is 7.01. The monoisotopic (exact) mass is 435 g/mol. The molecule has 5 rings (SSSR count). The summed E-state index contributed by atoms with van der Waals surface area (Å²) in [7, 11) is 1.98. The zero-order chi connectivity index (χ0) is 21.5. The largest absolute Gasteiger partial charge is 0.369 e. The van der Waals surface area contributed by atoms with Gasteiger partial charge in [-0.3, -0.25) is 4.90 Å². The molecule has 31 heavy (non-hydrogen) atoms. The molecule has 2 aromatic carbocycles. The molecule has 1 aliphatic rings. The van der Waals surface area contributed by atoms with Crippen LogP contribution in [0, 0.1) is 0 Å². The summed E-state index contributed by atoms with van der Waals surface area (Å²) in [5.41, 5.74) is 6.08. The third-order valence-electron chi connectivity index (χ3n) is 6.24. The fraction of sp³-hybridized carbons (Fsp3) is 0.333. The van der Waals surface area contributed by atoms with Crippen LogP contribution < -0.4 is 4.90 Å². The van der Waals surface area contributed by atoms with Crippen LogP contribution in [0.2, 0.25) is 5.02 Å². The van der Waals surface area contributed by atoms with Crippen molar-refractivity contribution in [2.24, 2.45) is 7.05 Å². The van der Waals surface area contributed by atoms with E-state index in [1.165, 1.54) is 5.69 Å². The minimum Gasteiger partial charge on any atom is -0.369 e. The van der Waals surface area contributed by atoms with Gasteiger partial charge in [0.2, 0.25) is 0 Å². The molecule has 160 valence electrons. The number of hydrogen-bond acceptors (Lipinski definition) is 5. The summed E-state index contributed by atoms with van der Waals surface area (Å²) in [5.74, 6) is 0.784. The van der Waals surface area contributed by atoms with Gasteiger partial charge in [-0.1, -0.05) is 28.9 Å². The van der Waals surface area contributed by atoms with Crippen LogP contribution in [-0.4, -0.2) is 51.8 Å². The third-order valence-corrected chi connectivity index (χ3v) is 6.53. The average molecular weight is 436 g/mol. The Balaban J connectivity index is 1.43. The van der Waals surface area contributed by atoms with Crippen molar-refractivity contribution in [2.75, 3.05) is 31.1 Å². The van der Waals surface area contributed by atoms with Gasteiger partial charge in [-0.25, -0.2) is 4.98 Å². The number of imidazole rings is 1. The van der Waals surface area contributed by atoms with E-state index in [2.05, 4.69) is 59.1 Å². The van der Waals surface area contributed by atoms with Gasteiger partial charge in [-0.2, -0.15) is 0 Å². The number of fused-ring (bicyclic) bond motifs is 1. The van der Waals surface area contributed by atoms with E-state index in [0.717, 1.165) is 59.7 Å². The Bertz CT molecular complexity index is 1190. The van der Waals surface area contributed by atoms with Crippen molar-refractivity contribution < 1.29 is 4.52 Å². The smallest absolute Gasteiger partial charge is 0.145 e. The molecule has 7 heteroatoms. The van der Waals surface area contributed by atoms with E-state index < -0.39 is 0 Å².